The molecule has 0 unspecified atom stereocenters. The van der Waals surface area contributed by atoms with Crippen LogP contribution in [0.3, 0.4) is 0 Å². The van der Waals surface area contributed by atoms with Crippen molar-refractivity contribution in [3.05, 3.63) is 34.9 Å². The van der Waals surface area contributed by atoms with Gasteiger partial charge in [0, 0.05) is 29.3 Å². The van der Waals surface area contributed by atoms with Crippen LogP contribution in [0.2, 0.25) is 5.02 Å². The number of nitrogens with one attached hydrogen (secondary N) is 2. The van der Waals surface area contributed by atoms with E-state index in [1.165, 1.54) is 0 Å². The number of amidine groups is 1. The van der Waals surface area contributed by atoms with E-state index in [0.717, 1.165) is 12.3 Å². The Morgan fingerprint density at radius 1 is 1.29 bits per heavy atom. The largest absolute Gasteiger partial charge is 0.352 e. The van der Waals surface area contributed by atoms with Crippen molar-refractivity contribution in [2.45, 2.75) is 12.8 Å². The monoisotopic (exact) mass is 325 g/mol. The molecule has 2 rings (SSSR count). The molecule has 1 heterocycles. The van der Waals surface area contributed by atoms with Crippen molar-refractivity contribution in [1.82, 2.24) is 10.6 Å². The molecule has 21 heavy (non-hydrogen) atoms. The summed E-state index contributed by atoms with van der Waals surface area (Å²) in [6.45, 7) is 1.21. The number of thioether (sulfide) groups is 1. The molecular formula is C14H16ClN3O2S. The van der Waals surface area contributed by atoms with E-state index in [-0.39, 0.29) is 11.8 Å². The molecule has 1 aliphatic rings. The highest BCUT2D eigenvalue weighted by atomic mass is 35.5. The van der Waals surface area contributed by atoms with Crippen LogP contribution in [0.5, 0.6) is 0 Å². The molecule has 0 aromatic heterocycles. The number of nitrogens with zero attached hydrogens (tertiary/aromatic N) is 1. The van der Waals surface area contributed by atoms with Crippen LogP contribution in [0.4, 0.5) is 0 Å². The molecule has 7 heteroatoms. The van der Waals surface area contributed by atoms with Crippen molar-refractivity contribution >= 4 is 40.3 Å². The van der Waals surface area contributed by atoms with Crippen molar-refractivity contribution in [3.63, 3.8) is 0 Å². The molecule has 0 atom stereocenters. The number of hydrogen-bond acceptors (Lipinski definition) is 4. The minimum atomic E-state index is -0.164. The first kappa shape index (κ1) is 15.9. The molecule has 2 N–H and O–H groups in total. The van der Waals surface area contributed by atoms with Crippen LogP contribution in [0.15, 0.2) is 29.3 Å². The topological polar surface area (TPSA) is 70.6 Å². The number of carbonyl (C=O) groups excluding carboxylic acids is 2. The van der Waals surface area contributed by atoms with Gasteiger partial charge in [0.25, 0.3) is 5.91 Å². The third-order valence-electron chi connectivity index (χ3n) is 2.80. The molecule has 1 aliphatic heterocycles. The van der Waals surface area contributed by atoms with Gasteiger partial charge in [0.05, 0.1) is 6.54 Å². The lowest BCUT2D eigenvalue weighted by molar-refractivity contribution is -0.119. The summed E-state index contributed by atoms with van der Waals surface area (Å²) in [5.74, 6) is 0.693. The average molecular weight is 326 g/mol. The quantitative estimate of drug-likeness (QED) is 0.814. The normalized spacial score (nSPS) is 13.7. The number of benzene rings is 1. The molecule has 0 saturated heterocycles. The highest BCUT2D eigenvalue weighted by molar-refractivity contribution is 8.14. The van der Waals surface area contributed by atoms with E-state index in [0.29, 0.717) is 35.1 Å². The highest BCUT2D eigenvalue weighted by Gasteiger charge is 2.10. The van der Waals surface area contributed by atoms with Gasteiger partial charge >= 0.3 is 0 Å². The van der Waals surface area contributed by atoms with Crippen LogP contribution in [-0.4, -0.2) is 35.8 Å². The van der Waals surface area contributed by atoms with E-state index in [1.807, 2.05) is 0 Å². The lowest BCUT2D eigenvalue weighted by atomic mass is 10.2. The summed E-state index contributed by atoms with van der Waals surface area (Å²) in [7, 11) is 0. The van der Waals surface area contributed by atoms with E-state index in [2.05, 4.69) is 15.6 Å². The second-order valence-electron chi connectivity index (χ2n) is 4.45. The number of hydrogen-bond donors (Lipinski definition) is 2. The maximum absolute atomic E-state index is 11.8. The van der Waals surface area contributed by atoms with Gasteiger partial charge in [-0.3, -0.25) is 14.6 Å². The van der Waals surface area contributed by atoms with Crippen LogP contribution < -0.4 is 10.6 Å². The second-order valence-corrected chi connectivity index (χ2v) is 5.97. The average Bonchev–Trinajstić information content (AvgIpc) is 2.97. The van der Waals surface area contributed by atoms with Crippen molar-refractivity contribution < 1.29 is 9.59 Å². The smallest absolute Gasteiger partial charge is 0.251 e. The molecule has 0 saturated carbocycles. The van der Waals surface area contributed by atoms with Crippen LogP contribution in [0.25, 0.3) is 0 Å². The predicted octanol–water partition coefficient (Wildman–Crippen LogP) is 2.07. The van der Waals surface area contributed by atoms with Crippen molar-refractivity contribution in [1.29, 1.82) is 0 Å². The molecule has 0 bridgehead atoms. The Morgan fingerprint density at radius 2 is 2.05 bits per heavy atom. The zero-order valence-electron chi connectivity index (χ0n) is 11.4. The lowest BCUT2D eigenvalue weighted by Crippen LogP contribution is -2.29. The van der Waals surface area contributed by atoms with E-state index in [9.17, 15) is 9.59 Å². The summed E-state index contributed by atoms with van der Waals surface area (Å²) < 4.78 is 0. The Labute approximate surface area is 132 Å². The zero-order valence-corrected chi connectivity index (χ0v) is 13.0. The summed E-state index contributed by atoms with van der Waals surface area (Å²) >= 11 is 7.31. The van der Waals surface area contributed by atoms with E-state index >= 15 is 0 Å². The summed E-state index contributed by atoms with van der Waals surface area (Å²) in [4.78, 5) is 27.6. The van der Waals surface area contributed by atoms with Crippen LogP contribution >= 0.6 is 23.4 Å². The number of carbonyl (C=O) groups is 2. The fraction of sp³-hybridized carbons (Fsp3) is 0.357. The minimum Gasteiger partial charge on any atom is -0.352 e. The standard InChI is InChI=1S/C14H16ClN3O2S/c15-11-5-3-10(4-6-11)13(20)16-7-1-2-12(19)18-14-17-8-9-21-14/h3-6H,1-2,7-9H2,(H,16,20)(H,17,18,19). The number of halogens is 1. The number of rotatable bonds is 5. The molecule has 0 aliphatic carbocycles. The molecule has 112 valence electrons. The van der Waals surface area contributed by atoms with Crippen LogP contribution in [-0.2, 0) is 4.79 Å². The van der Waals surface area contributed by atoms with Gasteiger partial charge in [-0.2, -0.15) is 0 Å². The SMILES string of the molecule is O=C(CCCNC(=O)c1ccc(Cl)cc1)NC1=NCCS1. The second kappa shape index (κ2) is 8.05. The molecule has 0 fully saturated rings. The Hall–Kier alpha value is -1.53. The fourth-order valence-electron chi connectivity index (χ4n) is 1.75. The van der Waals surface area contributed by atoms with E-state index in [4.69, 9.17) is 11.6 Å². The van der Waals surface area contributed by atoms with Crippen molar-refractivity contribution in [2.75, 3.05) is 18.8 Å². The predicted molar refractivity (Wildman–Crippen MR) is 85.9 cm³/mol. The van der Waals surface area contributed by atoms with Gasteiger partial charge in [0.2, 0.25) is 5.91 Å². The first-order valence-electron chi connectivity index (χ1n) is 6.66. The zero-order chi connectivity index (χ0) is 15.1. The summed E-state index contributed by atoms with van der Waals surface area (Å²) in [5, 5.41) is 6.81. The van der Waals surface area contributed by atoms with Gasteiger partial charge in [-0.15, -0.1) is 0 Å². The van der Waals surface area contributed by atoms with Crippen molar-refractivity contribution in [2.24, 2.45) is 4.99 Å². The van der Waals surface area contributed by atoms with E-state index < -0.39 is 0 Å². The van der Waals surface area contributed by atoms with E-state index in [1.54, 1.807) is 36.0 Å². The highest BCUT2D eigenvalue weighted by Crippen LogP contribution is 2.10. The van der Waals surface area contributed by atoms with Crippen LogP contribution in [0.1, 0.15) is 23.2 Å². The number of aliphatic imine (C=N–C) groups is 1. The Morgan fingerprint density at radius 3 is 2.71 bits per heavy atom. The van der Waals surface area contributed by atoms with Gasteiger partial charge < -0.3 is 10.6 Å². The van der Waals surface area contributed by atoms with Crippen molar-refractivity contribution in [3.8, 4) is 0 Å². The minimum absolute atomic E-state index is 0.0658. The Bertz CT molecular complexity index is 546. The van der Waals surface area contributed by atoms with Gasteiger partial charge in [-0.05, 0) is 30.7 Å². The molecule has 1 aromatic rings. The molecule has 1 aromatic carbocycles. The van der Waals surface area contributed by atoms with Gasteiger partial charge in [0.15, 0.2) is 5.17 Å². The molecule has 0 spiro atoms. The first-order chi connectivity index (χ1) is 10.1. The summed E-state index contributed by atoms with van der Waals surface area (Å²) in [5.41, 5.74) is 0.556. The Kier molecular flexibility index (Phi) is 6.07. The molecule has 2 amide bonds. The van der Waals surface area contributed by atoms with Crippen LogP contribution in [0, 0.1) is 0 Å². The third-order valence-corrected chi connectivity index (χ3v) is 3.95. The van der Waals surface area contributed by atoms with Gasteiger partial charge in [0.1, 0.15) is 0 Å². The summed E-state index contributed by atoms with van der Waals surface area (Å²) in [6.07, 6.45) is 0.948. The number of amides is 2. The van der Waals surface area contributed by atoms with Gasteiger partial charge in [-0.1, -0.05) is 23.4 Å². The third kappa shape index (κ3) is 5.40. The molecule has 5 nitrogen and oxygen atoms in total. The lowest BCUT2D eigenvalue weighted by Gasteiger charge is -2.06. The molecular weight excluding hydrogens is 310 g/mol. The maximum Gasteiger partial charge on any atom is 0.251 e. The molecule has 0 radical (unpaired) electrons. The maximum atomic E-state index is 11.8. The summed E-state index contributed by atoms with van der Waals surface area (Å²) in [6, 6.07) is 6.67. The fourth-order valence-corrected chi connectivity index (χ4v) is 2.62. The van der Waals surface area contributed by atoms with Gasteiger partial charge in [-0.25, -0.2) is 0 Å². The Balaban J connectivity index is 1.63. The first-order valence-corrected chi connectivity index (χ1v) is 8.02.